The second kappa shape index (κ2) is 6.43. The van der Waals surface area contributed by atoms with Gasteiger partial charge in [0.1, 0.15) is 12.4 Å². The molecule has 1 saturated heterocycles. The smallest absolute Gasteiger partial charge is 0.257 e. The summed E-state index contributed by atoms with van der Waals surface area (Å²) in [5.41, 5.74) is 0.587. The Kier molecular flexibility index (Phi) is 4.18. The summed E-state index contributed by atoms with van der Waals surface area (Å²) in [5.74, 6) is 0.582. The first kappa shape index (κ1) is 14.3. The maximum absolute atomic E-state index is 12.7. The van der Waals surface area contributed by atoms with Gasteiger partial charge in [0.15, 0.2) is 0 Å². The van der Waals surface area contributed by atoms with Crippen molar-refractivity contribution in [2.75, 3.05) is 19.7 Å². The zero-order valence-corrected chi connectivity index (χ0v) is 12.3. The van der Waals surface area contributed by atoms with Crippen LogP contribution < -0.4 is 4.74 Å². The van der Waals surface area contributed by atoms with E-state index < -0.39 is 0 Å². The lowest BCUT2D eigenvalue weighted by Crippen LogP contribution is -2.29. The second-order valence-electron chi connectivity index (χ2n) is 5.17. The maximum Gasteiger partial charge on any atom is 0.257 e. The number of hydrogen-bond donors (Lipinski definition) is 0. The number of carbonyl (C=O) groups excluding carboxylic acids is 1. The van der Waals surface area contributed by atoms with Gasteiger partial charge in [-0.1, -0.05) is 30.0 Å². The molecule has 0 N–H and O–H groups in total. The van der Waals surface area contributed by atoms with E-state index >= 15 is 0 Å². The number of ether oxygens (including phenoxy) is 1. The van der Waals surface area contributed by atoms with Crippen LogP contribution in [0.4, 0.5) is 0 Å². The molecule has 22 heavy (non-hydrogen) atoms. The Morgan fingerprint density at radius 2 is 2.32 bits per heavy atom. The predicted molar refractivity (Wildman–Crippen MR) is 81.7 cm³/mol. The van der Waals surface area contributed by atoms with E-state index in [1.54, 1.807) is 18.3 Å². The fraction of sp³-hybridized carbons (Fsp3) is 0.312. The summed E-state index contributed by atoms with van der Waals surface area (Å²) in [4.78, 5) is 14.6. The molecule has 1 amide bonds. The molecule has 6 heteroatoms. The molecule has 3 rings (SSSR count). The summed E-state index contributed by atoms with van der Waals surface area (Å²) in [7, 11) is 0. The van der Waals surface area contributed by atoms with E-state index in [4.69, 9.17) is 4.74 Å². The highest BCUT2D eigenvalue weighted by Gasteiger charge is 2.29. The number of para-hydroxylation sites is 1. The minimum absolute atomic E-state index is 0.0118. The summed E-state index contributed by atoms with van der Waals surface area (Å²) < 4.78 is 7.39. The van der Waals surface area contributed by atoms with Gasteiger partial charge in [-0.3, -0.25) is 4.79 Å². The van der Waals surface area contributed by atoms with Crippen molar-refractivity contribution < 1.29 is 9.53 Å². The van der Waals surface area contributed by atoms with Crippen LogP contribution >= 0.6 is 0 Å². The minimum Gasteiger partial charge on any atom is -0.489 e. The molecule has 0 bridgehead atoms. The van der Waals surface area contributed by atoms with Crippen molar-refractivity contribution in [2.24, 2.45) is 0 Å². The van der Waals surface area contributed by atoms with Crippen LogP contribution in [-0.4, -0.2) is 45.5 Å². The van der Waals surface area contributed by atoms with Crippen LogP contribution in [0.5, 0.6) is 5.75 Å². The molecule has 1 atom stereocenters. The first-order chi connectivity index (χ1) is 10.8. The lowest BCUT2D eigenvalue weighted by Gasteiger charge is -2.18. The third kappa shape index (κ3) is 2.86. The summed E-state index contributed by atoms with van der Waals surface area (Å²) in [6.45, 7) is 5.36. The summed E-state index contributed by atoms with van der Waals surface area (Å²) in [6.07, 6.45) is 6.03. The Bertz CT molecular complexity index is 654. The van der Waals surface area contributed by atoms with Crippen molar-refractivity contribution in [3.63, 3.8) is 0 Å². The molecule has 1 fully saturated rings. The van der Waals surface area contributed by atoms with E-state index in [-0.39, 0.29) is 11.9 Å². The summed E-state index contributed by atoms with van der Waals surface area (Å²) in [5, 5.41) is 7.84. The molecule has 2 heterocycles. The van der Waals surface area contributed by atoms with Gasteiger partial charge < -0.3 is 9.64 Å². The van der Waals surface area contributed by atoms with Crippen molar-refractivity contribution >= 4 is 5.91 Å². The Hall–Kier alpha value is -2.63. The molecule has 0 saturated carbocycles. The van der Waals surface area contributed by atoms with E-state index in [2.05, 4.69) is 16.9 Å². The number of hydrogen-bond acceptors (Lipinski definition) is 4. The number of rotatable bonds is 5. The molecule has 1 aliphatic rings. The number of benzene rings is 1. The molecule has 0 aliphatic carbocycles. The van der Waals surface area contributed by atoms with Crippen molar-refractivity contribution in [1.29, 1.82) is 0 Å². The van der Waals surface area contributed by atoms with E-state index in [1.165, 1.54) is 0 Å². The average Bonchev–Trinajstić information content (AvgIpc) is 3.23. The molecule has 6 nitrogen and oxygen atoms in total. The van der Waals surface area contributed by atoms with Crippen LogP contribution in [-0.2, 0) is 0 Å². The van der Waals surface area contributed by atoms with Gasteiger partial charge in [-0.2, -0.15) is 0 Å². The lowest BCUT2D eigenvalue weighted by molar-refractivity contribution is 0.0783. The Morgan fingerprint density at radius 3 is 3.09 bits per heavy atom. The number of aromatic nitrogens is 3. The van der Waals surface area contributed by atoms with Crippen molar-refractivity contribution in [3.8, 4) is 5.75 Å². The highest BCUT2D eigenvalue weighted by Crippen LogP contribution is 2.25. The Morgan fingerprint density at radius 1 is 1.45 bits per heavy atom. The van der Waals surface area contributed by atoms with Gasteiger partial charge in [0.2, 0.25) is 0 Å². The third-order valence-electron chi connectivity index (χ3n) is 3.74. The maximum atomic E-state index is 12.7. The fourth-order valence-electron chi connectivity index (χ4n) is 2.64. The van der Waals surface area contributed by atoms with Crippen LogP contribution in [0.1, 0.15) is 22.8 Å². The van der Waals surface area contributed by atoms with Crippen LogP contribution in [0.25, 0.3) is 0 Å². The van der Waals surface area contributed by atoms with Gasteiger partial charge in [-0.15, -0.1) is 5.10 Å². The molecule has 1 aliphatic heterocycles. The topological polar surface area (TPSA) is 60.2 Å². The molecule has 1 aromatic carbocycles. The van der Waals surface area contributed by atoms with Crippen molar-refractivity contribution in [1.82, 2.24) is 19.9 Å². The first-order valence-electron chi connectivity index (χ1n) is 7.27. The van der Waals surface area contributed by atoms with E-state index in [0.717, 1.165) is 6.42 Å². The quantitative estimate of drug-likeness (QED) is 0.791. The average molecular weight is 298 g/mol. The number of amides is 1. The highest BCUT2D eigenvalue weighted by atomic mass is 16.5. The molecule has 114 valence electrons. The Balaban J connectivity index is 1.73. The van der Waals surface area contributed by atoms with Crippen LogP contribution in [0.3, 0.4) is 0 Å². The van der Waals surface area contributed by atoms with Gasteiger partial charge in [0, 0.05) is 19.3 Å². The number of carbonyl (C=O) groups is 1. The van der Waals surface area contributed by atoms with Crippen molar-refractivity contribution in [3.05, 3.63) is 54.9 Å². The van der Waals surface area contributed by atoms with Crippen molar-refractivity contribution in [2.45, 2.75) is 12.5 Å². The van der Waals surface area contributed by atoms with Gasteiger partial charge in [0.05, 0.1) is 17.8 Å². The van der Waals surface area contributed by atoms with E-state index in [1.807, 2.05) is 34.0 Å². The molecular formula is C16H18N4O2. The van der Waals surface area contributed by atoms with Crippen LogP contribution in [0, 0.1) is 0 Å². The zero-order chi connectivity index (χ0) is 15.4. The summed E-state index contributed by atoms with van der Waals surface area (Å²) in [6, 6.07) is 7.49. The highest BCUT2D eigenvalue weighted by molar-refractivity contribution is 5.97. The van der Waals surface area contributed by atoms with E-state index in [9.17, 15) is 4.79 Å². The predicted octanol–water partition coefficient (Wildman–Crippen LogP) is 1.93. The largest absolute Gasteiger partial charge is 0.489 e. The molecule has 1 aromatic heterocycles. The first-order valence-corrected chi connectivity index (χ1v) is 7.27. The number of likely N-dealkylation sites (tertiary alicyclic amines) is 1. The van der Waals surface area contributed by atoms with Gasteiger partial charge >= 0.3 is 0 Å². The van der Waals surface area contributed by atoms with Gasteiger partial charge in [-0.05, 0) is 18.6 Å². The fourth-order valence-corrected chi connectivity index (χ4v) is 2.64. The lowest BCUT2D eigenvalue weighted by atomic mass is 10.2. The molecular weight excluding hydrogens is 280 g/mol. The molecule has 0 spiro atoms. The second-order valence-corrected chi connectivity index (χ2v) is 5.17. The zero-order valence-electron chi connectivity index (χ0n) is 12.3. The SMILES string of the molecule is C=CCOc1ccccc1C(=O)N1CCC(n2ccnn2)C1. The monoisotopic (exact) mass is 298 g/mol. The standard InChI is InChI=1S/C16H18N4O2/c1-2-11-22-15-6-4-3-5-14(15)16(21)19-9-7-13(12-19)20-10-8-17-18-20/h2-6,8,10,13H,1,7,9,11-12H2. The van der Waals surface area contributed by atoms with Crippen LogP contribution in [0.15, 0.2) is 49.3 Å². The van der Waals surface area contributed by atoms with E-state index in [0.29, 0.717) is 31.0 Å². The summed E-state index contributed by atoms with van der Waals surface area (Å²) >= 11 is 0. The molecule has 2 aromatic rings. The van der Waals surface area contributed by atoms with Crippen LogP contribution in [0.2, 0.25) is 0 Å². The normalized spacial score (nSPS) is 17.5. The number of nitrogens with zero attached hydrogens (tertiary/aromatic N) is 4. The van der Waals surface area contributed by atoms with Gasteiger partial charge in [-0.25, -0.2) is 4.68 Å². The molecule has 0 radical (unpaired) electrons. The third-order valence-corrected chi connectivity index (χ3v) is 3.74. The van der Waals surface area contributed by atoms with Gasteiger partial charge in [0.25, 0.3) is 5.91 Å². The Labute approximate surface area is 129 Å². The molecule has 1 unspecified atom stereocenters. The minimum atomic E-state index is -0.0118.